The molecule has 6 nitrogen and oxygen atoms in total. The number of nitrogens with zero attached hydrogens (tertiary/aromatic N) is 1. The Bertz CT molecular complexity index is 712. The van der Waals surface area contributed by atoms with Crippen molar-refractivity contribution >= 4 is 12.1 Å². The zero-order valence-corrected chi connectivity index (χ0v) is 14.6. The maximum Gasteiger partial charge on any atom is 0.227 e. The minimum absolute atomic E-state index is 0.0831. The molecule has 0 saturated heterocycles. The van der Waals surface area contributed by atoms with Crippen molar-refractivity contribution in [2.24, 2.45) is 11.0 Å². The molecule has 2 atom stereocenters. The molecule has 132 valence electrons. The van der Waals surface area contributed by atoms with E-state index in [1.54, 1.807) is 7.11 Å². The molecule has 0 heterocycles. The number of rotatable bonds is 8. The van der Waals surface area contributed by atoms with Crippen LogP contribution < -0.4 is 16.1 Å². The van der Waals surface area contributed by atoms with Gasteiger partial charge in [0.1, 0.15) is 11.9 Å². The Morgan fingerprint density at radius 3 is 2.08 bits per heavy atom. The lowest BCUT2D eigenvalue weighted by molar-refractivity contribution is -0.109. The summed E-state index contributed by atoms with van der Waals surface area (Å²) >= 11 is 0. The smallest absolute Gasteiger partial charge is 0.227 e. The van der Waals surface area contributed by atoms with Gasteiger partial charge >= 0.3 is 0 Å². The minimum atomic E-state index is -0.359. The van der Waals surface area contributed by atoms with Crippen LogP contribution in [0.15, 0.2) is 53.6 Å². The fourth-order valence-electron chi connectivity index (χ4n) is 2.55. The Kier molecular flexibility index (Phi) is 6.68. The molecule has 25 heavy (non-hydrogen) atoms. The van der Waals surface area contributed by atoms with E-state index in [4.69, 9.17) is 15.5 Å². The first kappa shape index (κ1) is 18.6. The van der Waals surface area contributed by atoms with Gasteiger partial charge < -0.3 is 4.74 Å². The third kappa shape index (κ3) is 4.65. The molecule has 2 rings (SSSR count). The van der Waals surface area contributed by atoms with E-state index in [9.17, 15) is 4.79 Å². The van der Waals surface area contributed by atoms with Gasteiger partial charge in [-0.25, -0.2) is 11.3 Å². The second-order valence-corrected chi connectivity index (χ2v) is 5.68. The first-order chi connectivity index (χ1) is 12.1. The van der Waals surface area contributed by atoms with Crippen LogP contribution in [0.5, 0.6) is 5.75 Å². The molecule has 6 heteroatoms. The van der Waals surface area contributed by atoms with E-state index in [2.05, 4.69) is 10.5 Å². The van der Waals surface area contributed by atoms with Crippen LogP contribution >= 0.6 is 0 Å². The first-order valence-corrected chi connectivity index (χ1v) is 7.93. The van der Waals surface area contributed by atoms with Crippen LogP contribution in [0.4, 0.5) is 0 Å². The van der Waals surface area contributed by atoms with Gasteiger partial charge in [-0.2, -0.15) is 5.10 Å². The van der Waals surface area contributed by atoms with Gasteiger partial charge in [0.05, 0.1) is 7.11 Å². The van der Waals surface area contributed by atoms with E-state index in [0.717, 1.165) is 28.2 Å². The first-order valence-electron chi connectivity index (χ1n) is 7.93. The Morgan fingerprint density at radius 2 is 1.60 bits per heavy atom. The number of nitrogens with one attached hydrogen (secondary N) is 1. The lowest BCUT2D eigenvalue weighted by Gasteiger charge is -2.17. The van der Waals surface area contributed by atoms with E-state index < -0.39 is 0 Å². The lowest BCUT2D eigenvalue weighted by atomic mass is 9.94. The monoisotopic (exact) mass is 341 g/mol. The molecule has 2 aromatic rings. The van der Waals surface area contributed by atoms with Gasteiger partial charge in [-0.15, -0.1) is 0 Å². The average Bonchev–Trinajstić information content (AvgIpc) is 2.67. The summed E-state index contributed by atoms with van der Waals surface area (Å²) in [7, 11) is 1.63. The second-order valence-electron chi connectivity index (χ2n) is 5.68. The topological polar surface area (TPSA) is 85.9 Å². The van der Waals surface area contributed by atoms with E-state index >= 15 is 0 Å². The number of hydrazone groups is 1. The molecule has 0 aromatic heterocycles. The molecule has 0 radical (unpaired) electrons. The number of hydrogen-bond donors (Lipinski definition) is 2. The standard InChI is InChI=1S/C19H23N3O3/c1-13(14(2)22-21-12-23)15-4-6-16(7-5-15)19(25-20)17-8-10-18(24-3)11-9-17/h4-13,19H,20H2,1-3H3,(H,21,23). The lowest BCUT2D eigenvalue weighted by Crippen LogP contribution is -2.13. The molecular weight excluding hydrogens is 318 g/mol. The van der Waals surface area contributed by atoms with Gasteiger partial charge in [0.2, 0.25) is 6.41 Å². The summed E-state index contributed by atoms with van der Waals surface area (Å²) in [6.45, 7) is 3.90. The van der Waals surface area contributed by atoms with Crippen molar-refractivity contribution < 1.29 is 14.4 Å². The highest BCUT2D eigenvalue weighted by Crippen LogP contribution is 2.28. The van der Waals surface area contributed by atoms with Crippen LogP contribution in [-0.4, -0.2) is 19.2 Å². The number of amides is 1. The second kappa shape index (κ2) is 8.96. The number of carbonyl (C=O) groups is 1. The Labute approximate surface area is 147 Å². The van der Waals surface area contributed by atoms with Crippen LogP contribution in [0, 0.1) is 0 Å². The van der Waals surface area contributed by atoms with Crippen molar-refractivity contribution in [1.29, 1.82) is 0 Å². The summed E-state index contributed by atoms with van der Waals surface area (Å²) in [4.78, 5) is 15.5. The van der Waals surface area contributed by atoms with Gasteiger partial charge in [0.25, 0.3) is 0 Å². The van der Waals surface area contributed by atoms with E-state index in [0.29, 0.717) is 6.41 Å². The van der Waals surface area contributed by atoms with Crippen molar-refractivity contribution in [2.45, 2.75) is 25.9 Å². The molecule has 0 aliphatic carbocycles. The SMILES string of the molecule is COc1ccc(C(ON)c2ccc(C(C)C(C)=NNC=O)cc2)cc1. The quantitative estimate of drug-likeness (QED) is 0.439. The van der Waals surface area contributed by atoms with Crippen LogP contribution in [0.2, 0.25) is 0 Å². The number of hydrogen-bond acceptors (Lipinski definition) is 5. The van der Waals surface area contributed by atoms with Crippen molar-refractivity contribution in [3.05, 3.63) is 65.2 Å². The molecule has 0 fully saturated rings. The van der Waals surface area contributed by atoms with E-state index in [-0.39, 0.29) is 12.0 Å². The predicted octanol–water partition coefficient (Wildman–Crippen LogP) is 2.90. The molecule has 3 N–H and O–H groups in total. The van der Waals surface area contributed by atoms with E-state index in [1.165, 1.54) is 0 Å². The zero-order valence-electron chi connectivity index (χ0n) is 14.6. The highest BCUT2D eigenvalue weighted by molar-refractivity contribution is 5.88. The van der Waals surface area contributed by atoms with Gasteiger partial charge in [0, 0.05) is 11.6 Å². The molecule has 0 spiro atoms. The molecule has 2 aromatic carbocycles. The summed E-state index contributed by atoms with van der Waals surface area (Å²) < 4.78 is 5.17. The highest BCUT2D eigenvalue weighted by atomic mass is 16.6. The maximum atomic E-state index is 10.3. The molecule has 0 saturated carbocycles. The van der Waals surface area contributed by atoms with E-state index in [1.807, 2.05) is 62.4 Å². The van der Waals surface area contributed by atoms with Crippen molar-refractivity contribution in [3.63, 3.8) is 0 Å². The molecule has 2 unspecified atom stereocenters. The molecular formula is C19H23N3O3. The average molecular weight is 341 g/mol. The Hall–Kier alpha value is -2.70. The maximum absolute atomic E-state index is 10.3. The third-order valence-electron chi connectivity index (χ3n) is 4.21. The number of benzene rings is 2. The van der Waals surface area contributed by atoms with Crippen LogP contribution in [0.3, 0.4) is 0 Å². The third-order valence-corrected chi connectivity index (χ3v) is 4.21. The summed E-state index contributed by atoms with van der Waals surface area (Å²) in [5, 5.41) is 4.00. The van der Waals surface area contributed by atoms with Crippen molar-refractivity contribution in [3.8, 4) is 5.75 Å². The molecule has 0 aliphatic rings. The number of methoxy groups -OCH3 is 1. The summed E-state index contributed by atoms with van der Waals surface area (Å²) in [6.07, 6.45) is 0.193. The Balaban J connectivity index is 2.20. The van der Waals surface area contributed by atoms with Crippen LogP contribution in [0.1, 0.15) is 42.6 Å². The van der Waals surface area contributed by atoms with Gasteiger partial charge in [-0.1, -0.05) is 43.3 Å². The van der Waals surface area contributed by atoms with Crippen LogP contribution in [-0.2, 0) is 9.63 Å². The van der Waals surface area contributed by atoms with Crippen molar-refractivity contribution in [1.82, 2.24) is 5.43 Å². The summed E-state index contributed by atoms with van der Waals surface area (Å²) in [5.74, 6) is 6.38. The summed E-state index contributed by atoms with van der Waals surface area (Å²) in [6, 6.07) is 15.6. The predicted molar refractivity (Wildman–Crippen MR) is 97.3 cm³/mol. The molecule has 0 bridgehead atoms. The number of carbonyl (C=O) groups excluding carboxylic acids is 1. The highest BCUT2D eigenvalue weighted by Gasteiger charge is 2.16. The molecule has 1 amide bonds. The molecule has 0 aliphatic heterocycles. The van der Waals surface area contributed by atoms with Gasteiger partial charge in [-0.05, 0) is 35.7 Å². The van der Waals surface area contributed by atoms with Gasteiger partial charge in [0.15, 0.2) is 0 Å². The fourth-order valence-corrected chi connectivity index (χ4v) is 2.55. The number of ether oxygens (including phenoxy) is 1. The zero-order chi connectivity index (χ0) is 18.2. The van der Waals surface area contributed by atoms with Crippen LogP contribution in [0.25, 0.3) is 0 Å². The normalized spacial score (nSPS) is 13.8. The number of nitrogens with two attached hydrogens (primary N) is 1. The largest absolute Gasteiger partial charge is 0.497 e. The summed E-state index contributed by atoms with van der Waals surface area (Å²) in [5.41, 5.74) is 6.13. The fraction of sp³-hybridized carbons (Fsp3) is 0.263. The Morgan fingerprint density at radius 1 is 1.08 bits per heavy atom. The van der Waals surface area contributed by atoms with Crippen molar-refractivity contribution in [2.75, 3.05) is 7.11 Å². The van der Waals surface area contributed by atoms with Gasteiger partial charge in [-0.3, -0.25) is 9.63 Å². The minimum Gasteiger partial charge on any atom is -0.497 e.